The maximum absolute atomic E-state index is 13.9. The van der Waals surface area contributed by atoms with E-state index < -0.39 is 5.63 Å². The van der Waals surface area contributed by atoms with Crippen molar-refractivity contribution < 1.29 is 13.6 Å². The van der Waals surface area contributed by atoms with Crippen LogP contribution in [0.25, 0.3) is 21.9 Å². The van der Waals surface area contributed by atoms with Crippen LogP contribution < -0.4 is 5.63 Å². The summed E-state index contributed by atoms with van der Waals surface area (Å²) in [5.41, 5.74) is 5.66. The van der Waals surface area contributed by atoms with Gasteiger partial charge in [-0.1, -0.05) is 18.1 Å². The van der Waals surface area contributed by atoms with Crippen LogP contribution in [0, 0.1) is 39.5 Å². The van der Waals surface area contributed by atoms with Crippen molar-refractivity contribution >= 4 is 27.8 Å². The summed E-state index contributed by atoms with van der Waals surface area (Å²) in [4.78, 5) is 32.0. The lowest BCUT2D eigenvalue weighted by atomic mass is 9.68. The first-order chi connectivity index (χ1) is 18.3. The van der Waals surface area contributed by atoms with Crippen LogP contribution in [0.2, 0.25) is 0 Å². The van der Waals surface area contributed by atoms with Crippen LogP contribution >= 0.6 is 0 Å². The third-order valence-electron chi connectivity index (χ3n) is 10.2. The zero-order valence-corrected chi connectivity index (χ0v) is 23.1. The van der Waals surface area contributed by atoms with E-state index in [2.05, 4.69) is 28.9 Å². The van der Waals surface area contributed by atoms with Crippen molar-refractivity contribution in [2.24, 2.45) is 11.8 Å². The Kier molecular flexibility index (Phi) is 5.63. The Morgan fingerprint density at radius 3 is 2.61 bits per heavy atom. The molecule has 1 aromatic carbocycles. The van der Waals surface area contributed by atoms with Crippen LogP contribution in [0.4, 0.5) is 0 Å². The molecule has 6 heteroatoms. The van der Waals surface area contributed by atoms with E-state index in [0.717, 1.165) is 64.7 Å². The van der Waals surface area contributed by atoms with Crippen LogP contribution in [-0.4, -0.2) is 47.4 Å². The number of benzene rings is 1. The van der Waals surface area contributed by atoms with Crippen LogP contribution in [0.5, 0.6) is 0 Å². The van der Waals surface area contributed by atoms with Gasteiger partial charge in [0.25, 0.3) is 0 Å². The van der Waals surface area contributed by atoms with Gasteiger partial charge in [0.15, 0.2) is 0 Å². The number of piperidine rings is 3. The highest BCUT2D eigenvalue weighted by atomic mass is 16.4. The van der Waals surface area contributed by atoms with Crippen LogP contribution in [-0.2, 0) is 11.2 Å². The largest absolute Gasteiger partial charge is 0.461 e. The predicted octanol–water partition coefficient (Wildman–Crippen LogP) is 5.74. The molecule has 1 amide bonds. The monoisotopic (exact) mass is 514 g/mol. The molecule has 3 aromatic rings. The molecule has 0 radical (unpaired) electrons. The van der Waals surface area contributed by atoms with Crippen molar-refractivity contribution in [3.8, 4) is 0 Å². The van der Waals surface area contributed by atoms with E-state index in [1.807, 2.05) is 20.8 Å². The molecule has 1 aliphatic carbocycles. The number of likely N-dealkylation sites (tertiary alicyclic amines) is 1. The molecule has 2 bridgehead atoms. The molecular weight excluding hydrogens is 476 g/mol. The topological polar surface area (TPSA) is 66.9 Å². The summed E-state index contributed by atoms with van der Waals surface area (Å²) < 4.78 is 11.9. The molecule has 2 unspecified atom stereocenters. The van der Waals surface area contributed by atoms with Gasteiger partial charge < -0.3 is 13.7 Å². The Labute approximate surface area is 223 Å². The number of furan rings is 1. The number of hydrogen-bond acceptors (Lipinski definition) is 5. The highest BCUT2D eigenvalue weighted by Gasteiger charge is 2.47. The van der Waals surface area contributed by atoms with Gasteiger partial charge in [-0.3, -0.25) is 9.69 Å². The molecule has 0 N–H and O–H groups in total. The van der Waals surface area contributed by atoms with Gasteiger partial charge in [0.2, 0.25) is 5.91 Å². The lowest BCUT2D eigenvalue weighted by Crippen LogP contribution is -2.60. The molecule has 3 aliphatic heterocycles. The van der Waals surface area contributed by atoms with Gasteiger partial charge in [0.1, 0.15) is 16.9 Å². The van der Waals surface area contributed by atoms with Crippen molar-refractivity contribution in [3.05, 3.63) is 56.1 Å². The maximum atomic E-state index is 13.9. The second kappa shape index (κ2) is 8.84. The van der Waals surface area contributed by atoms with Crippen LogP contribution in [0.15, 0.2) is 31.3 Å². The second-order valence-electron chi connectivity index (χ2n) is 12.3. The number of fused-ring (bicyclic) bond motifs is 8. The Morgan fingerprint density at radius 2 is 1.76 bits per heavy atom. The molecule has 38 heavy (non-hydrogen) atoms. The summed E-state index contributed by atoms with van der Waals surface area (Å²) in [6, 6.07) is 2.94. The normalized spacial score (nSPS) is 27.4. The van der Waals surface area contributed by atoms with Gasteiger partial charge in [-0.05, 0) is 95.4 Å². The van der Waals surface area contributed by atoms with Gasteiger partial charge in [-0.15, -0.1) is 0 Å². The summed E-state index contributed by atoms with van der Waals surface area (Å²) in [5.74, 6) is 2.06. The van der Waals surface area contributed by atoms with Gasteiger partial charge in [0, 0.05) is 35.5 Å². The summed E-state index contributed by atoms with van der Waals surface area (Å²) in [7, 11) is 0. The van der Waals surface area contributed by atoms with Crippen molar-refractivity contribution in [1.82, 2.24) is 9.80 Å². The lowest BCUT2D eigenvalue weighted by molar-refractivity contribution is -0.135. The number of hydrogen-bond donors (Lipinski definition) is 0. The minimum Gasteiger partial charge on any atom is -0.461 e. The van der Waals surface area contributed by atoms with Crippen LogP contribution in [0.3, 0.4) is 0 Å². The predicted molar refractivity (Wildman–Crippen MR) is 149 cm³/mol. The molecule has 0 saturated carbocycles. The first-order valence-corrected chi connectivity index (χ1v) is 14.5. The highest BCUT2D eigenvalue weighted by molar-refractivity contribution is 6.00. The summed E-state index contributed by atoms with van der Waals surface area (Å²) in [6.07, 6.45) is 9.88. The molecule has 4 aliphatic rings. The highest BCUT2D eigenvalue weighted by Crippen LogP contribution is 2.45. The number of carbonyl (C=O) groups is 1. The SMILES string of the molecule is Cc1oc2c(C)c3oc(=O)c(CC(=O)N4CCCC5=CC6CC(CN7CCCC[C@H]67)[C@@H]54)c(C)c3cc2c1C. The van der Waals surface area contributed by atoms with Crippen molar-refractivity contribution in [1.29, 1.82) is 0 Å². The Morgan fingerprint density at radius 1 is 0.974 bits per heavy atom. The van der Waals surface area contributed by atoms with E-state index in [9.17, 15) is 9.59 Å². The van der Waals surface area contributed by atoms with Gasteiger partial charge in [0.05, 0.1) is 18.0 Å². The van der Waals surface area contributed by atoms with E-state index in [1.54, 1.807) is 0 Å². The number of aryl methyl sites for hydroxylation is 4. The summed E-state index contributed by atoms with van der Waals surface area (Å²) in [6.45, 7) is 11.0. The fourth-order valence-electron chi connectivity index (χ4n) is 8.20. The van der Waals surface area contributed by atoms with Gasteiger partial charge in [-0.25, -0.2) is 4.79 Å². The minimum atomic E-state index is -0.406. The van der Waals surface area contributed by atoms with Crippen molar-refractivity contribution in [3.63, 3.8) is 0 Å². The van der Waals surface area contributed by atoms with E-state index in [0.29, 0.717) is 29.0 Å². The Balaban J connectivity index is 1.23. The van der Waals surface area contributed by atoms with Gasteiger partial charge >= 0.3 is 5.63 Å². The van der Waals surface area contributed by atoms with E-state index in [4.69, 9.17) is 8.83 Å². The van der Waals surface area contributed by atoms with Crippen molar-refractivity contribution in [2.75, 3.05) is 19.6 Å². The minimum absolute atomic E-state index is 0.0581. The second-order valence-corrected chi connectivity index (χ2v) is 12.3. The molecule has 0 spiro atoms. The number of carbonyl (C=O) groups excluding carboxylic acids is 1. The summed E-state index contributed by atoms with van der Waals surface area (Å²) in [5, 5.41) is 1.93. The lowest BCUT2D eigenvalue weighted by Gasteiger charge is -2.54. The zero-order valence-electron chi connectivity index (χ0n) is 23.1. The number of amides is 1. The first-order valence-electron chi connectivity index (χ1n) is 14.5. The van der Waals surface area contributed by atoms with Crippen molar-refractivity contribution in [2.45, 2.75) is 84.7 Å². The molecule has 200 valence electrons. The Bertz CT molecular complexity index is 1560. The Hall–Kier alpha value is -2.86. The quantitative estimate of drug-likeness (QED) is 0.322. The maximum Gasteiger partial charge on any atom is 0.340 e. The van der Waals surface area contributed by atoms with E-state index in [-0.39, 0.29) is 18.4 Å². The van der Waals surface area contributed by atoms with E-state index in [1.165, 1.54) is 37.8 Å². The molecule has 6 nitrogen and oxygen atoms in total. The zero-order chi connectivity index (χ0) is 26.3. The molecule has 4 atom stereocenters. The summed E-state index contributed by atoms with van der Waals surface area (Å²) >= 11 is 0. The number of rotatable bonds is 2. The molecule has 3 saturated heterocycles. The number of nitrogens with zero attached hydrogens (tertiary/aromatic N) is 2. The fraction of sp³-hybridized carbons (Fsp3) is 0.562. The molecular formula is C32H38N2O4. The average molecular weight is 515 g/mol. The smallest absolute Gasteiger partial charge is 0.340 e. The van der Waals surface area contributed by atoms with Gasteiger partial charge in [-0.2, -0.15) is 0 Å². The first kappa shape index (κ1) is 24.2. The average Bonchev–Trinajstić information content (AvgIpc) is 3.20. The van der Waals surface area contributed by atoms with E-state index >= 15 is 0 Å². The third kappa shape index (κ3) is 3.55. The van der Waals surface area contributed by atoms with Crippen LogP contribution in [0.1, 0.15) is 66.5 Å². The third-order valence-corrected chi connectivity index (χ3v) is 10.2. The molecule has 7 rings (SSSR count). The molecule has 3 fully saturated rings. The molecule has 5 heterocycles. The molecule has 2 aromatic heterocycles. The fourth-order valence-corrected chi connectivity index (χ4v) is 8.20. The standard InChI is InChI=1S/C32H38N2O4/c1-17-20(4)37-30-19(3)31-25(14-24(17)30)18(2)26(32(36)38-31)15-28(35)34-11-7-8-21-12-22-13-23(29(21)34)16-33-10-6-5-9-27(22)33/h12,14,22-23,27,29H,5-11,13,15-16H2,1-4H3/t22?,23?,27-,29-/m1/s1.